The molecule has 3 aromatic carbocycles. The van der Waals surface area contributed by atoms with Gasteiger partial charge in [-0.05, 0) is 53.3 Å². The summed E-state index contributed by atoms with van der Waals surface area (Å²) in [5.41, 5.74) is 7.29. The summed E-state index contributed by atoms with van der Waals surface area (Å²) < 4.78 is 6.44. The van der Waals surface area contributed by atoms with Crippen molar-refractivity contribution in [1.82, 2.24) is 9.97 Å². The Hall–Kier alpha value is -2.98. The smallest absolute Gasteiger partial charge is 0.180 e. The molecule has 5 rings (SSSR count). The van der Waals surface area contributed by atoms with E-state index in [1.54, 1.807) is 6.33 Å². The lowest BCUT2D eigenvalue weighted by Gasteiger charge is -2.21. The van der Waals surface area contributed by atoms with Gasteiger partial charge in [0.05, 0.1) is 8.07 Å². The molecule has 5 aromatic rings. The molecule has 33 heavy (non-hydrogen) atoms. The summed E-state index contributed by atoms with van der Waals surface area (Å²) in [6.07, 6.45) is 2.67. The Kier molecular flexibility index (Phi) is 4.98. The molecule has 0 aliphatic heterocycles. The number of aromatic nitrogens is 2. The molecule has 0 fully saturated rings. The second-order valence-electron chi connectivity index (χ2n) is 11.6. The first-order valence-electron chi connectivity index (χ1n) is 11.7. The molecule has 4 heteroatoms. The second-order valence-corrected chi connectivity index (χ2v) is 16.6. The van der Waals surface area contributed by atoms with E-state index < -0.39 is 8.07 Å². The average molecular weight is 453 g/mol. The van der Waals surface area contributed by atoms with Gasteiger partial charge in [-0.2, -0.15) is 0 Å². The minimum atomic E-state index is -1.58. The van der Waals surface area contributed by atoms with E-state index in [0.29, 0.717) is 0 Å². The Morgan fingerprint density at radius 1 is 0.879 bits per heavy atom. The van der Waals surface area contributed by atoms with Crippen molar-refractivity contribution in [2.75, 3.05) is 0 Å². The first-order chi connectivity index (χ1) is 15.5. The normalized spacial score (nSPS) is 12.8. The fraction of sp³-hybridized carbons (Fsp3) is 0.310. The predicted octanol–water partition coefficient (Wildman–Crippen LogP) is 7.64. The first kappa shape index (κ1) is 21.8. The number of hydrogen-bond acceptors (Lipinski definition) is 3. The highest BCUT2D eigenvalue weighted by Crippen LogP contribution is 2.35. The van der Waals surface area contributed by atoms with Gasteiger partial charge in [-0.1, -0.05) is 81.5 Å². The summed E-state index contributed by atoms with van der Waals surface area (Å²) in [6, 6.07) is 17.9. The van der Waals surface area contributed by atoms with Crippen LogP contribution in [0.1, 0.15) is 31.9 Å². The molecular weight excluding hydrogens is 420 g/mol. The van der Waals surface area contributed by atoms with E-state index in [1.807, 2.05) is 0 Å². The highest BCUT2D eigenvalue weighted by atomic mass is 28.3. The highest BCUT2D eigenvalue weighted by Gasteiger charge is 2.23. The summed E-state index contributed by atoms with van der Waals surface area (Å²) in [5.74, 6) is 0. The van der Waals surface area contributed by atoms with Gasteiger partial charge in [-0.3, -0.25) is 0 Å². The standard InChI is InChI=1S/C29H32N2OSi/c1-18-8-10-22-20(12-18)14-21(15-25(22)33(5,6)7)26-28-27(31-17-30-26)23-11-9-19(13-24(23)32-28)16-29(2,3)4/h8-15,17H,16H2,1-7H3. The topological polar surface area (TPSA) is 38.9 Å². The number of rotatable bonds is 3. The number of aryl methyl sites for hydroxylation is 1. The van der Waals surface area contributed by atoms with Crippen molar-refractivity contribution in [3.05, 3.63) is 66.0 Å². The van der Waals surface area contributed by atoms with Crippen molar-refractivity contribution >= 4 is 46.1 Å². The monoisotopic (exact) mass is 452 g/mol. The van der Waals surface area contributed by atoms with Gasteiger partial charge in [0.2, 0.25) is 0 Å². The molecule has 0 saturated carbocycles. The van der Waals surface area contributed by atoms with Crippen molar-refractivity contribution in [1.29, 1.82) is 0 Å². The Bertz CT molecular complexity index is 1520. The zero-order valence-corrected chi connectivity index (χ0v) is 21.7. The van der Waals surface area contributed by atoms with Crippen LogP contribution in [0.25, 0.3) is 44.1 Å². The van der Waals surface area contributed by atoms with E-state index in [-0.39, 0.29) is 5.41 Å². The molecule has 0 amide bonds. The van der Waals surface area contributed by atoms with Gasteiger partial charge in [-0.25, -0.2) is 9.97 Å². The van der Waals surface area contributed by atoms with Crippen molar-refractivity contribution in [3.63, 3.8) is 0 Å². The third-order valence-electron chi connectivity index (χ3n) is 6.24. The third-order valence-corrected chi connectivity index (χ3v) is 8.27. The fourth-order valence-electron chi connectivity index (χ4n) is 4.79. The molecule has 0 spiro atoms. The van der Waals surface area contributed by atoms with Gasteiger partial charge in [0.15, 0.2) is 5.58 Å². The quantitative estimate of drug-likeness (QED) is 0.264. The Morgan fingerprint density at radius 2 is 1.64 bits per heavy atom. The van der Waals surface area contributed by atoms with Crippen LogP contribution in [0.15, 0.2) is 59.3 Å². The lowest BCUT2D eigenvalue weighted by atomic mass is 9.88. The largest absolute Gasteiger partial charge is 0.452 e. The third kappa shape index (κ3) is 4.08. The number of nitrogens with zero attached hydrogens (tertiary/aromatic N) is 2. The van der Waals surface area contributed by atoms with Gasteiger partial charge >= 0.3 is 0 Å². The molecule has 0 aliphatic rings. The number of benzene rings is 3. The molecule has 0 aliphatic carbocycles. The first-order valence-corrected chi connectivity index (χ1v) is 15.2. The van der Waals surface area contributed by atoms with Gasteiger partial charge in [0, 0.05) is 10.9 Å². The van der Waals surface area contributed by atoms with Crippen LogP contribution in [0, 0.1) is 12.3 Å². The van der Waals surface area contributed by atoms with Crippen LogP contribution in [0.5, 0.6) is 0 Å². The van der Waals surface area contributed by atoms with E-state index in [4.69, 9.17) is 9.40 Å². The number of fused-ring (bicyclic) bond motifs is 4. The zero-order valence-electron chi connectivity index (χ0n) is 20.7. The molecule has 0 radical (unpaired) electrons. The maximum Gasteiger partial charge on any atom is 0.180 e. The molecule has 0 unspecified atom stereocenters. The summed E-state index contributed by atoms with van der Waals surface area (Å²) in [6.45, 7) is 16.1. The molecule has 2 aromatic heterocycles. The van der Waals surface area contributed by atoms with E-state index in [9.17, 15) is 0 Å². The molecule has 0 bridgehead atoms. The van der Waals surface area contributed by atoms with Crippen LogP contribution in [-0.2, 0) is 6.42 Å². The summed E-state index contributed by atoms with van der Waals surface area (Å²) in [5, 5.41) is 5.12. The van der Waals surface area contributed by atoms with Gasteiger partial charge in [0.25, 0.3) is 0 Å². The van der Waals surface area contributed by atoms with E-state index >= 15 is 0 Å². The van der Waals surface area contributed by atoms with Gasteiger partial charge in [0.1, 0.15) is 23.1 Å². The van der Waals surface area contributed by atoms with Crippen molar-refractivity contribution in [3.8, 4) is 11.3 Å². The minimum Gasteiger partial charge on any atom is -0.452 e. The Morgan fingerprint density at radius 3 is 2.36 bits per heavy atom. The van der Waals surface area contributed by atoms with Crippen molar-refractivity contribution in [2.24, 2.45) is 5.41 Å². The lowest BCUT2D eigenvalue weighted by Crippen LogP contribution is -2.38. The minimum absolute atomic E-state index is 0.223. The Balaban J connectivity index is 1.75. The van der Waals surface area contributed by atoms with Gasteiger partial charge < -0.3 is 4.42 Å². The molecule has 0 saturated heterocycles. The maximum absolute atomic E-state index is 6.44. The molecule has 168 valence electrons. The van der Waals surface area contributed by atoms with Crippen LogP contribution in [0.4, 0.5) is 0 Å². The molecular formula is C29H32N2OSi. The molecule has 3 nitrogen and oxygen atoms in total. The Labute approximate surface area is 196 Å². The molecule has 0 atom stereocenters. The van der Waals surface area contributed by atoms with Gasteiger partial charge in [-0.15, -0.1) is 0 Å². The van der Waals surface area contributed by atoms with E-state index in [0.717, 1.165) is 39.7 Å². The van der Waals surface area contributed by atoms with Crippen LogP contribution in [0.2, 0.25) is 19.6 Å². The predicted molar refractivity (Wildman–Crippen MR) is 143 cm³/mol. The second kappa shape index (κ2) is 7.52. The van der Waals surface area contributed by atoms with Crippen LogP contribution >= 0.6 is 0 Å². The lowest BCUT2D eigenvalue weighted by molar-refractivity contribution is 0.411. The fourth-order valence-corrected chi connectivity index (χ4v) is 6.42. The summed E-state index contributed by atoms with van der Waals surface area (Å²) in [7, 11) is -1.58. The molecule has 0 N–H and O–H groups in total. The summed E-state index contributed by atoms with van der Waals surface area (Å²) in [4.78, 5) is 9.33. The maximum atomic E-state index is 6.44. The van der Waals surface area contributed by atoms with E-state index in [1.165, 1.54) is 27.1 Å². The van der Waals surface area contributed by atoms with E-state index in [2.05, 4.69) is 101 Å². The SMILES string of the molecule is Cc1ccc2c([Si](C)(C)C)cc(-c3ncnc4c3oc3cc(CC(C)(C)C)ccc34)cc2c1. The highest BCUT2D eigenvalue weighted by molar-refractivity contribution is 6.90. The summed E-state index contributed by atoms with van der Waals surface area (Å²) >= 11 is 0. The van der Waals surface area contributed by atoms with Crippen molar-refractivity contribution < 1.29 is 4.42 Å². The van der Waals surface area contributed by atoms with Crippen molar-refractivity contribution in [2.45, 2.75) is 53.8 Å². The van der Waals surface area contributed by atoms with Crippen LogP contribution < -0.4 is 5.19 Å². The van der Waals surface area contributed by atoms with Crippen LogP contribution in [0.3, 0.4) is 0 Å². The zero-order chi connectivity index (χ0) is 23.5. The molecule has 2 heterocycles. The average Bonchev–Trinajstić information content (AvgIpc) is 3.08. The number of furan rings is 1. The number of hydrogen-bond donors (Lipinski definition) is 0. The van der Waals surface area contributed by atoms with Crippen LogP contribution in [-0.4, -0.2) is 18.0 Å².